The zero-order valence-corrected chi connectivity index (χ0v) is 23.6. The molecule has 1 aliphatic carbocycles. The van der Waals surface area contributed by atoms with Crippen LogP contribution in [0.3, 0.4) is 0 Å². The largest absolute Gasteiger partial charge is 0.493 e. The van der Waals surface area contributed by atoms with Crippen LogP contribution >= 0.6 is 0 Å². The van der Waals surface area contributed by atoms with Crippen molar-refractivity contribution in [3.05, 3.63) is 70.2 Å². The summed E-state index contributed by atoms with van der Waals surface area (Å²) in [7, 11) is 0. The smallest absolute Gasteiger partial charge is 0.122 e. The Morgan fingerprint density at radius 3 is 2.63 bits per heavy atom. The van der Waals surface area contributed by atoms with Crippen LogP contribution in [-0.4, -0.2) is 22.8 Å². The van der Waals surface area contributed by atoms with Gasteiger partial charge in [0, 0.05) is 17.8 Å². The van der Waals surface area contributed by atoms with Gasteiger partial charge in [0.2, 0.25) is 0 Å². The van der Waals surface area contributed by atoms with E-state index in [0.717, 1.165) is 54.4 Å². The summed E-state index contributed by atoms with van der Waals surface area (Å²) >= 11 is 0. The molecule has 0 amide bonds. The Labute approximate surface area is 227 Å². The van der Waals surface area contributed by atoms with Gasteiger partial charge in [-0.05, 0) is 122 Å². The van der Waals surface area contributed by atoms with E-state index >= 15 is 0 Å². The van der Waals surface area contributed by atoms with Crippen molar-refractivity contribution >= 4 is 17.2 Å². The first-order valence-electron chi connectivity index (χ1n) is 14.5. The van der Waals surface area contributed by atoms with Gasteiger partial charge in [-0.3, -0.25) is 4.99 Å². The number of rotatable bonds is 3. The third-order valence-electron chi connectivity index (χ3n) is 9.31. The first kappa shape index (κ1) is 25.2. The van der Waals surface area contributed by atoms with Gasteiger partial charge in [-0.2, -0.15) is 0 Å². The van der Waals surface area contributed by atoms with Crippen molar-refractivity contribution in [1.82, 2.24) is 9.97 Å². The van der Waals surface area contributed by atoms with Crippen LogP contribution in [0, 0.1) is 30.6 Å². The molecule has 0 radical (unpaired) electrons. The van der Waals surface area contributed by atoms with Crippen LogP contribution in [0.25, 0.3) is 22.2 Å². The van der Waals surface area contributed by atoms with Gasteiger partial charge in [0.1, 0.15) is 11.6 Å². The van der Waals surface area contributed by atoms with Crippen LogP contribution in [0.4, 0.5) is 0 Å². The van der Waals surface area contributed by atoms with Gasteiger partial charge >= 0.3 is 0 Å². The second kappa shape index (κ2) is 10.2. The lowest BCUT2D eigenvalue weighted by molar-refractivity contribution is 0.221. The minimum Gasteiger partial charge on any atom is -0.493 e. The topological polar surface area (TPSA) is 50.3 Å². The van der Waals surface area contributed by atoms with E-state index in [1.165, 1.54) is 47.2 Å². The molecule has 198 valence electrons. The Kier molecular flexibility index (Phi) is 6.75. The Morgan fingerprint density at radius 2 is 1.76 bits per heavy atom. The number of allylic oxidation sites excluding steroid dienone is 4. The first-order valence-corrected chi connectivity index (χ1v) is 14.5. The van der Waals surface area contributed by atoms with E-state index in [0.29, 0.717) is 17.8 Å². The van der Waals surface area contributed by atoms with Crippen LogP contribution in [0.1, 0.15) is 71.2 Å². The number of fused-ring (bicyclic) bond motifs is 3. The number of nitrogens with zero attached hydrogens (tertiary/aromatic N) is 2. The van der Waals surface area contributed by atoms with Crippen molar-refractivity contribution in [2.24, 2.45) is 28.7 Å². The molecule has 4 heteroatoms. The highest BCUT2D eigenvalue weighted by molar-refractivity contribution is 5.82. The number of ether oxygens (including phenoxy) is 1. The fraction of sp³-hybridized carbons (Fsp3) is 0.471. The number of aromatic nitrogens is 2. The number of nitrogens with one attached hydrogen (secondary N) is 1. The van der Waals surface area contributed by atoms with Crippen LogP contribution in [0.2, 0.25) is 0 Å². The van der Waals surface area contributed by atoms with Gasteiger partial charge in [0.15, 0.2) is 0 Å². The lowest BCUT2D eigenvalue weighted by Crippen LogP contribution is -2.22. The number of aromatic amines is 1. The molecule has 38 heavy (non-hydrogen) atoms. The molecule has 1 fully saturated rings. The third-order valence-corrected chi connectivity index (χ3v) is 9.31. The minimum absolute atomic E-state index is 0.427. The number of benzene rings is 2. The quantitative estimate of drug-likeness (QED) is 0.386. The van der Waals surface area contributed by atoms with Gasteiger partial charge in [0.05, 0.1) is 17.6 Å². The summed E-state index contributed by atoms with van der Waals surface area (Å²) in [5.41, 5.74) is 11.9. The van der Waals surface area contributed by atoms with Gasteiger partial charge in [-0.15, -0.1) is 0 Å². The van der Waals surface area contributed by atoms with E-state index in [1.54, 1.807) is 11.1 Å². The average Bonchev–Trinajstić information content (AvgIpc) is 3.23. The Balaban J connectivity index is 1.26. The molecule has 0 saturated heterocycles. The van der Waals surface area contributed by atoms with Gasteiger partial charge in [-0.1, -0.05) is 38.5 Å². The lowest BCUT2D eigenvalue weighted by atomic mass is 9.76. The predicted octanol–water partition coefficient (Wildman–Crippen LogP) is 8.62. The maximum absolute atomic E-state index is 6.36. The fourth-order valence-corrected chi connectivity index (χ4v) is 6.72. The molecule has 4 atom stereocenters. The van der Waals surface area contributed by atoms with E-state index in [-0.39, 0.29) is 0 Å². The van der Waals surface area contributed by atoms with Crippen molar-refractivity contribution in [2.45, 2.75) is 73.1 Å². The molecule has 1 aromatic heterocycles. The second-order valence-corrected chi connectivity index (χ2v) is 12.2. The summed E-state index contributed by atoms with van der Waals surface area (Å²) < 4.78 is 6.36. The molecule has 2 aromatic carbocycles. The SMILES string of the molecule is CC1=C2CC(C)CCC2=C(CC2CCOc3ccc(-c4ccc5nc(C)[nH]c5c4)cc3CC2C)N=CC1C. The Bertz CT molecular complexity index is 1460. The summed E-state index contributed by atoms with van der Waals surface area (Å²) in [6.07, 6.45) is 9.04. The molecule has 4 nitrogen and oxygen atoms in total. The molecular formula is C34H41N3O. The zero-order valence-electron chi connectivity index (χ0n) is 23.6. The summed E-state index contributed by atoms with van der Waals surface area (Å²) in [5, 5.41) is 0. The van der Waals surface area contributed by atoms with Crippen LogP contribution in [-0.2, 0) is 6.42 Å². The molecule has 1 saturated carbocycles. The van der Waals surface area contributed by atoms with Gasteiger partial charge < -0.3 is 9.72 Å². The van der Waals surface area contributed by atoms with Crippen molar-refractivity contribution in [1.29, 1.82) is 0 Å². The van der Waals surface area contributed by atoms with E-state index in [2.05, 4.69) is 80.3 Å². The van der Waals surface area contributed by atoms with Crippen molar-refractivity contribution < 1.29 is 4.74 Å². The van der Waals surface area contributed by atoms with Gasteiger partial charge in [-0.25, -0.2) is 4.98 Å². The van der Waals surface area contributed by atoms with E-state index in [4.69, 9.17) is 9.73 Å². The highest BCUT2D eigenvalue weighted by Gasteiger charge is 2.29. The predicted molar refractivity (Wildman–Crippen MR) is 158 cm³/mol. The Hall–Kier alpha value is -3.14. The van der Waals surface area contributed by atoms with Crippen molar-refractivity contribution in [3.8, 4) is 16.9 Å². The van der Waals surface area contributed by atoms with Crippen molar-refractivity contribution in [2.75, 3.05) is 6.61 Å². The lowest BCUT2D eigenvalue weighted by Gasteiger charge is -2.31. The average molecular weight is 508 g/mol. The Morgan fingerprint density at radius 1 is 0.947 bits per heavy atom. The van der Waals surface area contributed by atoms with E-state index in [1.807, 2.05) is 6.92 Å². The molecule has 0 bridgehead atoms. The number of hydrogen-bond acceptors (Lipinski definition) is 3. The molecule has 3 heterocycles. The molecule has 4 unspecified atom stereocenters. The maximum Gasteiger partial charge on any atom is 0.122 e. The van der Waals surface area contributed by atoms with Crippen LogP contribution in [0.15, 0.2) is 63.8 Å². The second-order valence-electron chi connectivity index (χ2n) is 12.2. The number of hydrogen-bond donors (Lipinski definition) is 1. The van der Waals surface area contributed by atoms with E-state index in [9.17, 15) is 0 Å². The number of aliphatic imine (C=N–C) groups is 1. The third kappa shape index (κ3) is 4.86. The monoisotopic (exact) mass is 507 g/mol. The molecule has 0 spiro atoms. The number of aryl methyl sites for hydroxylation is 1. The zero-order chi connectivity index (χ0) is 26.4. The summed E-state index contributed by atoms with van der Waals surface area (Å²) in [5.74, 6) is 4.31. The molecule has 6 rings (SSSR count). The molecule has 1 N–H and O–H groups in total. The van der Waals surface area contributed by atoms with E-state index < -0.39 is 0 Å². The molecular weight excluding hydrogens is 466 g/mol. The van der Waals surface area contributed by atoms with Crippen molar-refractivity contribution in [3.63, 3.8) is 0 Å². The maximum atomic E-state index is 6.36. The van der Waals surface area contributed by atoms with Crippen LogP contribution in [0.5, 0.6) is 5.75 Å². The molecule has 2 aliphatic heterocycles. The number of imidazole rings is 1. The fourth-order valence-electron chi connectivity index (χ4n) is 6.72. The first-order chi connectivity index (χ1) is 18.4. The number of H-pyrrole nitrogens is 1. The van der Waals surface area contributed by atoms with Crippen LogP contribution < -0.4 is 4.74 Å². The summed E-state index contributed by atoms with van der Waals surface area (Å²) in [6.45, 7) is 12.2. The normalized spacial score (nSPS) is 25.9. The molecule has 3 aliphatic rings. The van der Waals surface area contributed by atoms with Gasteiger partial charge in [0.25, 0.3) is 0 Å². The summed E-state index contributed by atoms with van der Waals surface area (Å²) in [6, 6.07) is 13.2. The summed E-state index contributed by atoms with van der Waals surface area (Å²) in [4.78, 5) is 13.1. The highest BCUT2D eigenvalue weighted by atomic mass is 16.5. The minimum atomic E-state index is 0.427. The molecule has 3 aromatic rings. The standard InChI is InChI=1S/C34H41N3O/c1-20-6-9-29-30(14-20)23(4)22(3)19-35-32(29)17-25-12-13-38-34-11-8-26(16-28(34)15-21(25)2)27-7-10-31-33(18-27)37-24(5)36-31/h7-8,10-11,16,18-22,25H,6,9,12-15,17H2,1-5H3,(H,36,37). The highest BCUT2D eigenvalue weighted by Crippen LogP contribution is 2.43.